The summed E-state index contributed by atoms with van der Waals surface area (Å²) in [5.41, 5.74) is 3.86. The Bertz CT molecular complexity index is 1490. The lowest BCUT2D eigenvalue weighted by atomic mass is 9.97. The molecule has 4 heterocycles. The molecule has 2 aliphatic rings. The molecule has 11 nitrogen and oxygen atoms in total. The number of imide groups is 1. The van der Waals surface area contributed by atoms with E-state index in [0.29, 0.717) is 29.0 Å². The van der Waals surface area contributed by atoms with Crippen LogP contribution in [0.4, 0.5) is 16.4 Å². The molecular formula is C29H31N7O4S. The minimum absolute atomic E-state index is 0.119. The Kier molecular flexibility index (Phi) is 8.90. The van der Waals surface area contributed by atoms with Gasteiger partial charge in [0.05, 0.1) is 29.1 Å². The molecule has 0 aliphatic carbocycles. The van der Waals surface area contributed by atoms with Gasteiger partial charge in [0.15, 0.2) is 0 Å². The molecule has 2 aromatic heterocycles. The van der Waals surface area contributed by atoms with E-state index in [4.69, 9.17) is 9.72 Å². The summed E-state index contributed by atoms with van der Waals surface area (Å²) in [7, 11) is 1.64. The molecule has 5 rings (SSSR count). The van der Waals surface area contributed by atoms with Crippen molar-refractivity contribution in [3.05, 3.63) is 65.0 Å². The van der Waals surface area contributed by atoms with Gasteiger partial charge in [-0.15, -0.1) is 0 Å². The van der Waals surface area contributed by atoms with E-state index in [1.54, 1.807) is 25.4 Å². The number of benzene rings is 1. The van der Waals surface area contributed by atoms with E-state index in [-0.39, 0.29) is 11.1 Å². The van der Waals surface area contributed by atoms with Crippen LogP contribution in [-0.4, -0.2) is 58.7 Å². The number of methoxy groups -OCH3 is 1. The van der Waals surface area contributed by atoms with Gasteiger partial charge in [0.2, 0.25) is 11.9 Å². The number of thioether (sulfide) groups is 1. The fraction of sp³-hybridized carbons (Fsp3) is 0.310. The van der Waals surface area contributed by atoms with Crippen molar-refractivity contribution in [2.75, 3.05) is 37.0 Å². The second-order valence-electron chi connectivity index (χ2n) is 9.80. The Morgan fingerprint density at radius 1 is 1.17 bits per heavy atom. The number of ether oxygens (including phenoxy) is 1. The Morgan fingerprint density at radius 3 is 2.73 bits per heavy atom. The van der Waals surface area contributed by atoms with Crippen molar-refractivity contribution in [1.29, 1.82) is 0 Å². The second kappa shape index (κ2) is 12.9. The van der Waals surface area contributed by atoms with Crippen LogP contribution < -0.4 is 25.6 Å². The summed E-state index contributed by atoms with van der Waals surface area (Å²) in [6.07, 6.45) is 5.25. The van der Waals surface area contributed by atoms with Crippen LogP contribution in [-0.2, 0) is 16.1 Å². The first-order chi connectivity index (χ1) is 19.9. The maximum atomic E-state index is 11.8. The Balaban J connectivity index is 1.15. The van der Waals surface area contributed by atoms with Crippen molar-refractivity contribution >= 4 is 46.5 Å². The molecule has 41 heavy (non-hydrogen) atoms. The lowest BCUT2D eigenvalue weighted by Gasteiger charge is -2.32. The van der Waals surface area contributed by atoms with Crippen molar-refractivity contribution in [1.82, 2.24) is 25.6 Å². The van der Waals surface area contributed by atoms with Gasteiger partial charge in [-0.1, -0.05) is 12.1 Å². The summed E-state index contributed by atoms with van der Waals surface area (Å²) in [5.74, 6) is 1.31. The van der Waals surface area contributed by atoms with Crippen molar-refractivity contribution in [2.45, 2.75) is 26.3 Å². The first-order valence-electron chi connectivity index (χ1n) is 13.3. The number of amides is 3. The van der Waals surface area contributed by atoms with Crippen molar-refractivity contribution in [3.63, 3.8) is 0 Å². The van der Waals surface area contributed by atoms with Crippen LogP contribution in [0.15, 0.2) is 53.6 Å². The Morgan fingerprint density at radius 2 is 2.00 bits per heavy atom. The van der Waals surface area contributed by atoms with E-state index in [9.17, 15) is 14.4 Å². The smallest absolute Gasteiger partial charge is 0.290 e. The molecule has 1 aromatic carbocycles. The predicted octanol–water partition coefficient (Wildman–Crippen LogP) is 3.84. The van der Waals surface area contributed by atoms with Gasteiger partial charge in [0, 0.05) is 44.0 Å². The van der Waals surface area contributed by atoms with E-state index in [1.807, 2.05) is 36.4 Å². The third kappa shape index (κ3) is 7.27. The molecule has 0 bridgehead atoms. The second-order valence-corrected chi connectivity index (χ2v) is 10.8. The van der Waals surface area contributed by atoms with Crippen LogP contribution in [0, 0.1) is 5.92 Å². The largest absolute Gasteiger partial charge is 0.495 e. The molecule has 2 saturated heterocycles. The van der Waals surface area contributed by atoms with E-state index < -0.39 is 5.91 Å². The van der Waals surface area contributed by atoms with Gasteiger partial charge in [0.1, 0.15) is 5.75 Å². The van der Waals surface area contributed by atoms with Gasteiger partial charge in [0.25, 0.3) is 11.1 Å². The molecule has 12 heteroatoms. The highest BCUT2D eigenvalue weighted by Crippen LogP contribution is 2.27. The number of piperidine rings is 1. The highest BCUT2D eigenvalue weighted by Gasteiger charge is 2.26. The van der Waals surface area contributed by atoms with E-state index >= 15 is 0 Å². The van der Waals surface area contributed by atoms with E-state index in [0.717, 1.165) is 72.6 Å². The third-order valence-corrected chi connectivity index (χ3v) is 7.65. The summed E-state index contributed by atoms with van der Waals surface area (Å²) in [4.78, 5) is 51.1. The van der Waals surface area contributed by atoms with Crippen LogP contribution >= 0.6 is 11.8 Å². The monoisotopic (exact) mass is 573 g/mol. The molecule has 3 amide bonds. The number of carbonyl (C=O) groups is 3. The van der Waals surface area contributed by atoms with Crippen molar-refractivity contribution in [3.8, 4) is 17.0 Å². The van der Waals surface area contributed by atoms with Gasteiger partial charge in [-0.3, -0.25) is 19.7 Å². The number of pyridine rings is 1. The van der Waals surface area contributed by atoms with Gasteiger partial charge >= 0.3 is 0 Å². The van der Waals surface area contributed by atoms with Crippen molar-refractivity contribution in [2.24, 2.45) is 5.92 Å². The number of nitrogens with zero attached hydrogens (tertiary/aromatic N) is 4. The standard InChI is InChI=1S/C29H31N7O4S/c1-18(37)32-21-5-3-4-20(14-21)23-6-7-25(40-2)24(34-23)17-30-16-19-9-12-36(13-10-19)28-31-11-8-22(33-28)15-26-27(38)35-29(39)41-26/h3-8,11,14-15,19,30H,9-10,12-13,16-17H2,1-2H3,(H,32,37)(H,35,38,39). The molecule has 0 radical (unpaired) electrons. The van der Waals surface area contributed by atoms with Gasteiger partial charge in [-0.05, 0) is 73.5 Å². The number of hydrogen-bond acceptors (Lipinski definition) is 10. The lowest BCUT2D eigenvalue weighted by Crippen LogP contribution is -2.38. The summed E-state index contributed by atoms with van der Waals surface area (Å²) >= 11 is 0.875. The fourth-order valence-corrected chi connectivity index (χ4v) is 5.47. The van der Waals surface area contributed by atoms with Gasteiger partial charge in [-0.2, -0.15) is 0 Å². The molecule has 0 spiro atoms. The minimum atomic E-state index is -0.399. The Labute approximate surface area is 242 Å². The number of nitrogens with one attached hydrogen (secondary N) is 3. The molecule has 2 aliphatic heterocycles. The average Bonchev–Trinajstić information content (AvgIpc) is 3.29. The maximum Gasteiger partial charge on any atom is 0.290 e. The van der Waals surface area contributed by atoms with Gasteiger partial charge < -0.3 is 20.3 Å². The first kappa shape index (κ1) is 28.2. The summed E-state index contributed by atoms with van der Waals surface area (Å²) in [6, 6.07) is 13.2. The van der Waals surface area contributed by atoms with Crippen LogP contribution in [0.25, 0.3) is 17.3 Å². The summed E-state index contributed by atoms with van der Waals surface area (Å²) < 4.78 is 5.56. The average molecular weight is 574 g/mol. The zero-order chi connectivity index (χ0) is 28.8. The number of rotatable bonds is 9. The normalized spacial score (nSPS) is 16.6. The summed E-state index contributed by atoms with van der Waals surface area (Å²) in [6.45, 7) is 4.54. The molecule has 3 aromatic rings. The van der Waals surface area contributed by atoms with E-state index in [1.165, 1.54) is 6.92 Å². The SMILES string of the molecule is COc1ccc(-c2cccc(NC(C)=O)c2)nc1CNCC1CCN(c2nccc(C=C3SC(=O)NC3=O)n2)CC1. The first-order valence-corrected chi connectivity index (χ1v) is 14.1. The Hall–Kier alpha value is -4.29. The summed E-state index contributed by atoms with van der Waals surface area (Å²) in [5, 5.41) is 8.24. The molecule has 0 atom stereocenters. The fourth-order valence-electron chi connectivity index (χ4n) is 4.80. The zero-order valence-corrected chi connectivity index (χ0v) is 23.7. The van der Waals surface area contributed by atoms with Crippen LogP contribution in [0.2, 0.25) is 0 Å². The molecule has 0 unspecified atom stereocenters. The number of hydrogen-bond donors (Lipinski definition) is 3. The lowest BCUT2D eigenvalue weighted by molar-refractivity contribution is -0.115. The van der Waals surface area contributed by atoms with Crippen LogP contribution in [0.1, 0.15) is 31.2 Å². The van der Waals surface area contributed by atoms with E-state index in [2.05, 4.69) is 30.8 Å². The van der Waals surface area contributed by atoms with Crippen molar-refractivity contribution < 1.29 is 19.1 Å². The third-order valence-electron chi connectivity index (χ3n) is 6.84. The number of carbonyl (C=O) groups excluding carboxylic acids is 3. The van der Waals surface area contributed by atoms with Crippen LogP contribution in [0.5, 0.6) is 5.75 Å². The molecule has 3 N–H and O–H groups in total. The zero-order valence-electron chi connectivity index (χ0n) is 22.8. The molecule has 212 valence electrons. The predicted molar refractivity (Wildman–Crippen MR) is 158 cm³/mol. The molecule has 0 saturated carbocycles. The topological polar surface area (TPSA) is 138 Å². The van der Waals surface area contributed by atoms with Gasteiger partial charge in [-0.25, -0.2) is 15.0 Å². The molecule has 2 fully saturated rings. The maximum absolute atomic E-state index is 11.8. The minimum Gasteiger partial charge on any atom is -0.495 e. The molecular weight excluding hydrogens is 542 g/mol. The quantitative estimate of drug-likeness (QED) is 0.324. The number of anilines is 2. The van der Waals surface area contributed by atoms with Crippen LogP contribution in [0.3, 0.4) is 0 Å². The number of aromatic nitrogens is 3. The highest BCUT2D eigenvalue weighted by molar-refractivity contribution is 8.18. The highest BCUT2D eigenvalue weighted by atomic mass is 32.2.